The van der Waals surface area contributed by atoms with Crippen LogP contribution in [0.4, 0.5) is 5.69 Å². The summed E-state index contributed by atoms with van der Waals surface area (Å²) in [6, 6.07) is 14.3. The molecule has 0 aliphatic heterocycles. The van der Waals surface area contributed by atoms with E-state index in [4.69, 9.17) is 10.5 Å². The Morgan fingerprint density at radius 2 is 1.74 bits per heavy atom. The SMILES string of the molecule is COc1ccccc1NC(N)=NCCS(=O)(=O)c1ccc(C(C)(C)C)cc1. The summed E-state index contributed by atoms with van der Waals surface area (Å²) in [6.45, 7) is 6.32. The average molecular weight is 390 g/mol. The number of hydrogen-bond donors (Lipinski definition) is 2. The first kappa shape index (κ1) is 20.8. The van der Waals surface area contributed by atoms with Crippen LogP contribution < -0.4 is 15.8 Å². The molecule has 0 unspecified atom stereocenters. The summed E-state index contributed by atoms with van der Waals surface area (Å²) in [5.74, 6) is 0.649. The molecule has 0 bridgehead atoms. The Labute approximate surface area is 161 Å². The molecule has 0 aliphatic carbocycles. The number of rotatable bonds is 6. The fraction of sp³-hybridized carbons (Fsp3) is 0.350. The van der Waals surface area contributed by atoms with E-state index in [1.807, 2.05) is 24.3 Å². The Morgan fingerprint density at radius 3 is 2.33 bits per heavy atom. The van der Waals surface area contributed by atoms with Gasteiger partial charge in [-0.2, -0.15) is 0 Å². The predicted molar refractivity (Wildman–Crippen MR) is 110 cm³/mol. The summed E-state index contributed by atoms with van der Waals surface area (Å²) in [6.07, 6.45) is 0. The molecule has 27 heavy (non-hydrogen) atoms. The smallest absolute Gasteiger partial charge is 0.193 e. The number of nitrogens with zero attached hydrogens (tertiary/aromatic N) is 1. The normalized spacial score (nSPS) is 12.7. The van der Waals surface area contributed by atoms with Crippen LogP contribution in [0.1, 0.15) is 26.3 Å². The molecule has 0 amide bonds. The number of sulfone groups is 1. The Balaban J connectivity index is 2.01. The quantitative estimate of drug-likeness (QED) is 0.584. The van der Waals surface area contributed by atoms with Gasteiger partial charge in [-0.3, -0.25) is 4.99 Å². The molecule has 2 aromatic rings. The Hall–Kier alpha value is -2.54. The van der Waals surface area contributed by atoms with E-state index in [0.29, 0.717) is 16.3 Å². The van der Waals surface area contributed by atoms with Crippen LogP contribution >= 0.6 is 0 Å². The summed E-state index contributed by atoms with van der Waals surface area (Å²) in [5.41, 5.74) is 7.59. The van der Waals surface area contributed by atoms with Crippen molar-refractivity contribution in [3.8, 4) is 5.75 Å². The van der Waals surface area contributed by atoms with Crippen LogP contribution in [0.25, 0.3) is 0 Å². The van der Waals surface area contributed by atoms with Gasteiger partial charge in [0.15, 0.2) is 15.8 Å². The van der Waals surface area contributed by atoms with Gasteiger partial charge in [-0.15, -0.1) is 0 Å². The van der Waals surface area contributed by atoms with E-state index in [1.54, 1.807) is 31.4 Å². The second-order valence-electron chi connectivity index (χ2n) is 7.19. The largest absolute Gasteiger partial charge is 0.495 e. The molecule has 6 nitrogen and oxygen atoms in total. The minimum Gasteiger partial charge on any atom is -0.495 e. The second-order valence-corrected chi connectivity index (χ2v) is 9.29. The van der Waals surface area contributed by atoms with Crippen molar-refractivity contribution >= 4 is 21.5 Å². The van der Waals surface area contributed by atoms with Crippen LogP contribution in [-0.4, -0.2) is 33.8 Å². The zero-order valence-electron chi connectivity index (χ0n) is 16.2. The van der Waals surface area contributed by atoms with Crippen LogP contribution in [0.5, 0.6) is 5.75 Å². The van der Waals surface area contributed by atoms with Gasteiger partial charge in [-0.1, -0.05) is 45.0 Å². The van der Waals surface area contributed by atoms with E-state index in [1.165, 1.54) is 0 Å². The molecule has 2 rings (SSSR count). The highest BCUT2D eigenvalue weighted by Gasteiger charge is 2.17. The molecule has 0 atom stereocenters. The van der Waals surface area contributed by atoms with Crippen LogP contribution in [0.15, 0.2) is 58.4 Å². The van der Waals surface area contributed by atoms with Gasteiger partial charge in [0, 0.05) is 0 Å². The number of para-hydroxylation sites is 2. The van der Waals surface area contributed by atoms with Gasteiger partial charge in [0.25, 0.3) is 0 Å². The number of benzene rings is 2. The average Bonchev–Trinajstić information content (AvgIpc) is 2.61. The third-order valence-corrected chi connectivity index (χ3v) is 5.80. The first-order chi connectivity index (χ1) is 12.6. The highest BCUT2D eigenvalue weighted by Crippen LogP contribution is 2.24. The molecule has 0 saturated heterocycles. The number of ether oxygens (including phenoxy) is 1. The molecular weight excluding hydrogens is 362 g/mol. The number of nitrogens with two attached hydrogens (primary N) is 1. The minimum absolute atomic E-state index is 0.0226. The third-order valence-electron chi connectivity index (χ3n) is 4.09. The van der Waals surface area contributed by atoms with Gasteiger partial charge >= 0.3 is 0 Å². The predicted octanol–water partition coefficient (Wildman–Crippen LogP) is 3.19. The topological polar surface area (TPSA) is 93.8 Å². The van der Waals surface area contributed by atoms with Crippen molar-refractivity contribution < 1.29 is 13.2 Å². The summed E-state index contributed by atoms with van der Waals surface area (Å²) in [5, 5.41) is 2.92. The summed E-state index contributed by atoms with van der Waals surface area (Å²) < 4.78 is 30.2. The van der Waals surface area contributed by atoms with Gasteiger partial charge < -0.3 is 15.8 Å². The van der Waals surface area contributed by atoms with Crippen molar-refractivity contribution in [2.45, 2.75) is 31.1 Å². The van der Waals surface area contributed by atoms with Gasteiger partial charge in [0.2, 0.25) is 0 Å². The second kappa shape index (κ2) is 8.43. The Morgan fingerprint density at radius 1 is 1.11 bits per heavy atom. The zero-order valence-corrected chi connectivity index (χ0v) is 17.0. The summed E-state index contributed by atoms with van der Waals surface area (Å²) in [4.78, 5) is 4.40. The maximum atomic E-state index is 12.5. The number of methoxy groups -OCH3 is 1. The first-order valence-electron chi connectivity index (χ1n) is 8.67. The molecule has 3 N–H and O–H groups in total. The summed E-state index contributed by atoms with van der Waals surface area (Å²) in [7, 11) is -1.86. The van der Waals surface area contributed by atoms with Crippen molar-refractivity contribution in [3.63, 3.8) is 0 Å². The van der Waals surface area contributed by atoms with Crippen molar-refractivity contribution in [1.29, 1.82) is 0 Å². The van der Waals surface area contributed by atoms with E-state index < -0.39 is 9.84 Å². The number of nitrogens with one attached hydrogen (secondary N) is 1. The maximum Gasteiger partial charge on any atom is 0.193 e. The molecule has 2 aromatic carbocycles. The number of guanidine groups is 1. The van der Waals surface area contributed by atoms with E-state index in [0.717, 1.165) is 5.56 Å². The van der Waals surface area contributed by atoms with Crippen molar-refractivity contribution in [2.24, 2.45) is 10.7 Å². The molecule has 0 radical (unpaired) electrons. The minimum atomic E-state index is -3.42. The van der Waals surface area contributed by atoms with Gasteiger partial charge in [0.1, 0.15) is 5.75 Å². The lowest BCUT2D eigenvalue weighted by Gasteiger charge is -2.19. The van der Waals surface area contributed by atoms with Gasteiger partial charge in [0.05, 0.1) is 30.0 Å². The van der Waals surface area contributed by atoms with Crippen molar-refractivity contribution in [2.75, 3.05) is 24.7 Å². The summed E-state index contributed by atoms with van der Waals surface area (Å²) >= 11 is 0. The highest BCUT2D eigenvalue weighted by atomic mass is 32.2. The molecule has 0 aliphatic rings. The van der Waals surface area contributed by atoms with Crippen LogP contribution in [0.3, 0.4) is 0 Å². The Bertz CT molecular complexity index is 899. The monoisotopic (exact) mass is 389 g/mol. The molecule has 0 fully saturated rings. The van der Waals surface area contributed by atoms with E-state index in [2.05, 4.69) is 31.1 Å². The van der Waals surface area contributed by atoms with E-state index >= 15 is 0 Å². The number of hydrogen-bond acceptors (Lipinski definition) is 4. The van der Waals surface area contributed by atoms with Crippen LogP contribution in [0.2, 0.25) is 0 Å². The molecule has 146 valence electrons. The van der Waals surface area contributed by atoms with E-state index in [9.17, 15) is 8.42 Å². The number of anilines is 1. The molecule has 0 spiro atoms. The third kappa shape index (κ3) is 5.72. The lowest BCUT2D eigenvalue weighted by atomic mass is 9.87. The number of aliphatic imine (C=N–C) groups is 1. The van der Waals surface area contributed by atoms with Crippen LogP contribution in [0, 0.1) is 0 Å². The van der Waals surface area contributed by atoms with E-state index in [-0.39, 0.29) is 23.7 Å². The lowest BCUT2D eigenvalue weighted by molar-refractivity contribution is 0.417. The molecular formula is C20H27N3O3S. The van der Waals surface area contributed by atoms with Gasteiger partial charge in [-0.25, -0.2) is 8.42 Å². The molecule has 0 saturated carbocycles. The molecule has 0 heterocycles. The Kier molecular flexibility index (Phi) is 6.49. The zero-order chi connectivity index (χ0) is 20.1. The fourth-order valence-corrected chi connectivity index (χ4v) is 3.61. The van der Waals surface area contributed by atoms with Crippen molar-refractivity contribution in [3.05, 3.63) is 54.1 Å². The molecule has 7 heteroatoms. The van der Waals surface area contributed by atoms with Gasteiger partial charge in [-0.05, 0) is 35.2 Å². The lowest BCUT2D eigenvalue weighted by Crippen LogP contribution is -2.24. The highest BCUT2D eigenvalue weighted by molar-refractivity contribution is 7.91. The first-order valence-corrected chi connectivity index (χ1v) is 10.3. The standard InChI is InChI=1S/C20H27N3O3S/c1-20(2,3)15-9-11-16(12-10-15)27(24,25)14-13-22-19(21)23-17-7-5-6-8-18(17)26-4/h5-12H,13-14H2,1-4H3,(H3,21,22,23). The molecule has 0 aromatic heterocycles. The maximum absolute atomic E-state index is 12.5. The fourth-order valence-electron chi connectivity index (χ4n) is 2.49. The van der Waals surface area contributed by atoms with Crippen molar-refractivity contribution in [1.82, 2.24) is 0 Å². The van der Waals surface area contributed by atoms with Crippen LogP contribution in [-0.2, 0) is 15.3 Å².